The Morgan fingerprint density at radius 1 is 1.29 bits per heavy atom. The number of ether oxygens (including phenoxy) is 1. The van der Waals surface area contributed by atoms with E-state index in [1.54, 1.807) is 31.4 Å². The van der Waals surface area contributed by atoms with E-state index in [0.29, 0.717) is 16.9 Å². The van der Waals surface area contributed by atoms with Crippen molar-refractivity contribution in [2.24, 2.45) is 7.05 Å². The fourth-order valence-electron chi connectivity index (χ4n) is 1.56. The second kappa shape index (κ2) is 4.29. The highest BCUT2D eigenvalue weighted by atomic mass is 16.5. The van der Waals surface area contributed by atoms with Crippen molar-refractivity contribution in [3.8, 4) is 16.9 Å². The zero-order chi connectivity index (χ0) is 12.4. The lowest BCUT2D eigenvalue weighted by atomic mass is 10.1. The topological polar surface area (TPSA) is 64.1 Å². The molecule has 0 aliphatic heterocycles. The van der Waals surface area contributed by atoms with Crippen LogP contribution in [0.1, 0.15) is 0 Å². The summed E-state index contributed by atoms with van der Waals surface area (Å²) in [7, 11) is 2.99. The third-order valence-electron chi connectivity index (χ3n) is 2.56. The Morgan fingerprint density at radius 3 is 2.76 bits per heavy atom. The molecule has 0 atom stereocenters. The van der Waals surface area contributed by atoms with Crippen LogP contribution in [0.5, 0.6) is 5.75 Å². The number of nitrogens with zero attached hydrogens (tertiary/aromatic N) is 1. The molecule has 1 heterocycles. The number of hydrogen-bond acceptors (Lipinski definition) is 3. The van der Waals surface area contributed by atoms with Crippen molar-refractivity contribution >= 4 is 0 Å². The molecule has 5 heteroatoms. The molecule has 0 saturated heterocycles. The fourth-order valence-corrected chi connectivity index (χ4v) is 1.56. The van der Waals surface area contributed by atoms with E-state index < -0.39 is 5.69 Å². The third-order valence-corrected chi connectivity index (χ3v) is 2.56. The molecule has 0 aliphatic rings. The van der Waals surface area contributed by atoms with Crippen molar-refractivity contribution in [2.75, 3.05) is 7.11 Å². The van der Waals surface area contributed by atoms with E-state index in [1.165, 1.54) is 13.2 Å². The van der Waals surface area contributed by atoms with Crippen molar-refractivity contribution in [1.29, 1.82) is 0 Å². The number of nitrogens with one attached hydrogen (secondary N) is 1. The summed E-state index contributed by atoms with van der Waals surface area (Å²) in [6.07, 6.45) is 1.42. The predicted octanol–water partition coefficient (Wildman–Crippen LogP) is 0.749. The molecule has 1 aromatic carbocycles. The molecule has 0 amide bonds. The Hall–Kier alpha value is -2.30. The highest BCUT2D eigenvalue weighted by Crippen LogP contribution is 2.19. The van der Waals surface area contributed by atoms with E-state index in [-0.39, 0.29) is 5.56 Å². The smallest absolute Gasteiger partial charge is 0.328 e. The van der Waals surface area contributed by atoms with Crippen LogP contribution in [-0.2, 0) is 7.05 Å². The van der Waals surface area contributed by atoms with Crippen LogP contribution in [0.15, 0.2) is 40.1 Å². The summed E-state index contributed by atoms with van der Waals surface area (Å²) in [5.41, 5.74) is 0.385. The second-order valence-corrected chi connectivity index (χ2v) is 3.60. The normalized spacial score (nSPS) is 10.2. The lowest BCUT2D eigenvalue weighted by Gasteiger charge is -2.05. The number of hydrogen-bond donors (Lipinski definition) is 1. The molecule has 1 N–H and O–H groups in total. The van der Waals surface area contributed by atoms with Gasteiger partial charge in [0.2, 0.25) is 0 Å². The van der Waals surface area contributed by atoms with Gasteiger partial charge in [0, 0.05) is 13.2 Å². The van der Waals surface area contributed by atoms with E-state index >= 15 is 0 Å². The molecule has 0 radical (unpaired) electrons. The first-order chi connectivity index (χ1) is 8.13. The van der Waals surface area contributed by atoms with E-state index in [1.807, 2.05) is 0 Å². The predicted molar refractivity (Wildman–Crippen MR) is 64.3 cm³/mol. The third kappa shape index (κ3) is 1.99. The van der Waals surface area contributed by atoms with Crippen LogP contribution in [0.2, 0.25) is 0 Å². The first-order valence-corrected chi connectivity index (χ1v) is 5.06. The average molecular weight is 232 g/mol. The number of aromatic nitrogens is 2. The number of aromatic amines is 1. The Morgan fingerprint density at radius 2 is 2.06 bits per heavy atom. The minimum Gasteiger partial charge on any atom is -0.497 e. The van der Waals surface area contributed by atoms with Gasteiger partial charge in [-0.3, -0.25) is 9.36 Å². The van der Waals surface area contributed by atoms with Gasteiger partial charge in [-0.25, -0.2) is 4.79 Å². The zero-order valence-electron chi connectivity index (χ0n) is 9.56. The van der Waals surface area contributed by atoms with Gasteiger partial charge in [0.15, 0.2) is 0 Å². The summed E-state index contributed by atoms with van der Waals surface area (Å²) in [6, 6.07) is 7.12. The zero-order valence-corrected chi connectivity index (χ0v) is 9.56. The van der Waals surface area contributed by atoms with Crippen LogP contribution in [0.4, 0.5) is 0 Å². The van der Waals surface area contributed by atoms with Crippen LogP contribution < -0.4 is 16.0 Å². The van der Waals surface area contributed by atoms with Crippen molar-refractivity contribution < 1.29 is 4.74 Å². The van der Waals surface area contributed by atoms with Crippen molar-refractivity contribution in [2.45, 2.75) is 0 Å². The summed E-state index contributed by atoms with van der Waals surface area (Å²) in [4.78, 5) is 25.6. The second-order valence-electron chi connectivity index (χ2n) is 3.60. The minimum atomic E-state index is -0.429. The largest absolute Gasteiger partial charge is 0.497 e. The summed E-state index contributed by atoms with van der Waals surface area (Å²) >= 11 is 0. The maximum absolute atomic E-state index is 11.9. The molecule has 5 nitrogen and oxygen atoms in total. The van der Waals surface area contributed by atoms with Gasteiger partial charge in [-0.2, -0.15) is 0 Å². The molecule has 0 unspecified atom stereocenters. The van der Waals surface area contributed by atoms with E-state index in [2.05, 4.69) is 4.98 Å². The highest BCUT2D eigenvalue weighted by molar-refractivity contribution is 5.63. The Kier molecular flexibility index (Phi) is 2.82. The molecule has 0 fully saturated rings. The van der Waals surface area contributed by atoms with Crippen LogP contribution >= 0.6 is 0 Å². The molecule has 0 spiro atoms. The van der Waals surface area contributed by atoms with Crippen LogP contribution in [0.25, 0.3) is 11.1 Å². The summed E-state index contributed by atoms with van der Waals surface area (Å²) in [5.74, 6) is 0.663. The van der Waals surface area contributed by atoms with Crippen LogP contribution in [0.3, 0.4) is 0 Å². The first kappa shape index (κ1) is 11.2. The standard InChI is InChI=1S/C12H12N2O3/c1-14-11(15)10(7-13-12(14)16)8-4-3-5-9(6-8)17-2/h3-7H,1-2H3,(H,13,16). The lowest BCUT2D eigenvalue weighted by Crippen LogP contribution is -2.32. The van der Waals surface area contributed by atoms with Crippen molar-refractivity contribution in [1.82, 2.24) is 9.55 Å². The maximum Gasteiger partial charge on any atom is 0.328 e. The van der Waals surface area contributed by atoms with Gasteiger partial charge in [-0.05, 0) is 17.7 Å². The molecular weight excluding hydrogens is 220 g/mol. The summed E-state index contributed by atoms with van der Waals surface area (Å²) in [6.45, 7) is 0. The number of benzene rings is 1. The maximum atomic E-state index is 11.9. The monoisotopic (exact) mass is 232 g/mol. The molecule has 17 heavy (non-hydrogen) atoms. The van der Waals surface area contributed by atoms with Crippen LogP contribution in [-0.4, -0.2) is 16.7 Å². The molecule has 0 aliphatic carbocycles. The molecule has 88 valence electrons. The summed E-state index contributed by atoms with van der Waals surface area (Å²) in [5, 5.41) is 0. The van der Waals surface area contributed by atoms with Gasteiger partial charge in [-0.15, -0.1) is 0 Å². The molecular formula is C12H12N2O3. The SMILES string of the molecule is COc1cccc(-c2c[nH]c(=O)n(C)c2=O)c1. The molecule has 0 bridgehead atoms. The average Bonchev–Trinajstić information content (AvgIpc) is 2.36. The Balaban J connectivity index is 2.65. The fraction of sp³-hybridized carbons (Fsp3) is 0.167. The molecule has 2 aromatic rings. The van der Waals surface area contributed by atoms with Crippen molar-refractivity contribution in [3.05, 3.63) is 51.3 Å². The lowest BCUT2D eigenvalue weighted by molar-refractivity contribution is 0.415. The Labute approximate surface area is 97.3 Å². The van der Waals surface area contributed by atoms with Gasteiger partial charge >= 0.3 is 5.69 Å². The first-order valence-electron chi connectivity index (χ1n) is 5.06. The number of H-pyrrole nitrogens is 1. The molecule has 0 saturated carbocycles. The molecule has 2 rings (SSSR count). The van der Waals surface area contributed by atoms with E-state index in [9.17, 15) is 9.59 Å². The van der Waals surface area contributed by atoms with Gasteiger partial charge in [0.05, 0.1) is 12.7 Å². The molecule has 1 aromatic heterocycles. The number of methoxy groups -OCH3 is 1. The van der Waals surface area contributed by atoms with Gasteiger partial charge in [0.1, 0.15) is 5.75 Å². The summed E-state index contributed by atoms with van der Waals surface area (Å²) < 4.78 is 6.13. The van der Waals surface area contributed by atoms with E-state index in [0.717, 1.165) is 4.57 Å². The number of rotatable bonds is 2. The van der Waals surface area contributed by atoms with Gasteiger partial charge < -0.3 is 9.72 Å². The minimum absolute atomic E-state index is 0.331. The van der Waals surface area contributed by atoms with E-state index in [4.69, 9.17) is 4.74 Å². The van der Waals surface area contributed by atoms with Crippen LogP contribution in [0, 0.1) is 0 Å². The van der Waals surface area contributed by atoms with Gasteiger partial charge in [-0.1, -0.05) is 12.1 Å². The van der Waals surface area contributed by atoms with Gasteiger partial charge in [0.25, 0.3) is 5.56 Å². The quantitative estimate of drug-likeness (QED) is 0.831. The van der Waals surface area contributed by atoms with Crippen molar-refractivity contribution in [3.63, 3.8) is 0 Å². The highest BCUT2D eigenvalue weighted by Gasteiger charge is 2.07. The Bertz CT molecular complexity index is 655.